The number of guanidine groups is 1. The van der Waals surface area contributed by atoms with E-state index in [2.05, 4.69) is 39.6 Å². The first kappa shape index (κ1) is 21.4. The van der Waals surface area contributed by atoms with Gasteiger partial charge in [0, 0.05) is 38.2 Å². The van der Waals surface area contributed by atoms with Crippen molar-refractivity contribution in [3.05, 3.63) is 42.4 Å². The first-order chi connectivity index (χ1) is 11.7. The van der Waals surface area contributed by atoms with Gasteiger partial charge in [0.15, 0.2) is 11.8 Å². The lowest BCUT2D eigenvalue weighted by Gasteiger charge is -2.18. The van der Waals surface area contributed by atoms with Gasteiger partial charge in [0.25, 0.3) is 0 Å². The molecule has 1 unspecified atom stereocenters. The minimum Gasteiger partial charge on any atom is -0.354 e. The van der Waals surface area contributed by atoms with Crippen molar-refractivity contribution in [2.45, 2.75) is 52.1 Å². The minimum atomic E-state index is 0. The summed E-state index contributed by atoms with van der Waals surface area (Å²) in [5, 5.41) is 11.0. The van der Waals surface area contributed by atoms with E-state index in [-0.39, 0.29) is 24.0 Å². The maximum absolute atomic E-state index is 4.35. The van der Waals surface area contributed by atoms with Crippen LogP contribution in [0.15, 0.2) is 41.8 Å². The molecule has 138 valence electrons. The molecule has 2 aromatic heterocycles. The zero-order valence-electron chi connectivity index (χ0n) is 15.3. The number of hydrogen-bond acceptors (Lipinski definition) is 3. The number of unbranched alkanes of at least 4 members (excludes halogenated alkanes) is 2. The van der Waals surface area contributed by atoms with Crippen molar-refractivity contribution < 1.29 is 0 Å². The molecule has 0 aromatic carbocycles. The quantitative estimate of drug-likeness (QED) is 0.276. The highest BCUT2D eigenvalue weighted by atomic mass is 127. The van der Waals surface area contributed by atoms with E-state index < -0.39 is 0 Å². The Bertz CT molecular complexity index is 626. The number of aromatic nitrogens is 3. The lowest BCUT2D eigenvalue weighted by Crippen LogP contribution is -2.41. The van der Waals surface area contributed by atoms with Crippen LogP contribution in [-0.2, 0) is 6.54 Å². The second kappa shape index (κ2) is 11.8. The third kappa shape index (κ3) is 7.41. The Morgan fingerprint density at radius 3 is 2.84 bits per heavy atom. The van der Waals surface area contributed by atoms with Crippen LogP contribution in [0.25, 0.3) is 5.82 Å². The number of aliphatic imine (C=N–C) groups is 1. The summed E-state index contributed by atoms with van der Waals surface area (Å²) in [6.07, 6.45) is 10.4. The van der Waals surface area contributed by atoms with Gasteiger partial charge >= 0.3 is 0 Å². The SMILES string of the molecule is CCCCCC(C)NC(=NC)NCc1ccnc(-n2cccn2)c1.I. The van der Waals surface area contributed by atoms with Crippen molar-refractivity contribution in [1.82, 2.24) is 25.4 Å². The number of pyridine rings is 1. The van der Waals surface area contributed by atoms with Gasteiger partial charge in [-0.1, -0.05) is 26.2 Å². The molecule has 6 nitrogen and oxygen atoms in total. The van der Waals surface area contributed by atoms with Crippen molar-refractivity contribution in [2.75, 3.05) is 7.05 Å². The molecule has 7 heteroatoms. The molecule has 2 rings (SSSR count). The van der Waals surface area contributed by atoms with Crippen LogP contribution in [0.2, 0.25) is 0 Å². The van der Waals surface area contributed by atoms with Gasteiger partial charge in [-0.2, -0.15) is 5.10 Å². The Morgan fingerprint density at radius 2 is 2.16 bits per heavy atom. The lowest BCUT2D eigenvalue weighted by molar-refractivity contribution is 0.546. The number of halogens is 1. The maximum atomic E-state index is 4.35. The molecule has 2 N–H and O–H groups in total. The molecule has 0 fully saturated rings. The number of hydrogen-bond donors (Lipinski definition) is 2. The molecular formula is C18H29IN6. The van der Waals surface area contributed by atoms with Crippen molar-refractivity contribution in [3.8, 4) is 5.82 Å². The molecule has 0 spiro atoms. The molecular weight excluding hydrogens is 427 g/mol. The van der Waals surface area contributed by atoms with Crippen molar-refractivity contribution in [2.24, 2.45) is 4.99 Å². The van der Waals surface area contributed by atoms with Gasteiger partial charge in [0.2, 0.25) is 0 Å². The molecule has 2 aromatic rings. The van der Waals surface area contributed by atoms with Gasteiger partial charge in [0.05, 0.1) is 0 Å². The fourth-order valence-electron chi connectivity index (χ4n) is 2.49. The summed E-state index contributed by atoms with van der Waals surface area (Å²) in [4.78, 5) is 8.65. The number of nitrogens with zero attached hydrogens (tertiary/aromatic N) is 4. The van der Waals surface area contributed by atoms with E-state index in [9.17, 15) is 0 Å². The Labute approximate surface area is 167 Å². The molecule has 0 amide bonds. The van der Waals surface area contributed by atoms with Crippen LogP contribution in [0, 0.1) is 0 Å². The molecule has 0 aliphatic heterocycles. The topological polar surface area (TPSA) is 67.1 Å². The fraction of sp³-hybridized carbons (Fsp3) is 0.500. The summed E-state index contributed by atoms with van der Waals surface area (Å²) in [6, 6.07) is 6.33. The molecule has 0 radical (unpaired) electrons. The van der Waals surface area contributed by atoms with E-state index in [1.54, 1.807) is 24.1 Å². The third-order valence-electron chi connectivity index (χ3n) is 3.86. The van der Waals surface area contributed by atoms with Crippen LogP contribution in [-0.4, -0.2) is 33.8 Å². The molecule has 0 bridgehead atoms. The zero-order chi connectivity index (χ0) is 17.2. The molecule has 25 heavy (non-hydrogen) atoms. The van der Waals surface area contributed by atoms with Crippen LogP contribution >= 0.6 is 24.0 Å². The predicted octanol–water partition coefficient (Wildman–Crippen LogP) is 3.52. The van der Waals surface area contributed by atoms with Gasteiger partial charge in [0.1, 0.15) is 0 Å². The standard InChI is InChI=1S/C18H28N6.HI/c1-4-5-6-8-15(2)23-18(19-3)21-14-16-9-11-20-17(13-16)24-12-7-10-22-24;/h7,9-13,15H,4-6,8,14H2,1-3H3,(H2,19,21,23);1H. The highest BCUT2D eigenvalue weighted by molar-refractivity contribution is 14.0. The Morgan fingerprint density at radius 1 is 1.32 bits per heavy atom. The molecule has 0 saturated carbocycles. The van der Waals surface area contributed by atoms with Crippen molar-refractivity contribution in [3.63, 3.8) is 0 Å². The maximum Gasteiger partial charge on any atom is 0.191 e. The summed E-state index contributed by atoms with van der Waals surface area (Å²) >= 11 is 0. The predicted molar refractivity (Wildman–Crippen MR) is 114 cm³/mol. The van der Waals surface area contributed by atoms with Gasteiger partial charge in [-0.3, -0.25) is 4.99 Å². The number of rotatable bonds is 8. The average Bonchev–Trinajstić information content (AvgIpc) is 3.14. The molecule has 0 saturated heterocycles. The second-order valence-corrected chi connectivity index (χ2v) is 5.94. The van der Waals surface area contributed by atoms with E-state index in [0.717, 1.165) is 23.8 Å². The molecule has 0 aliphatic rings. The fourth-order valence-corrected chi connectivity index (χ4v) is 2.49. The zero-order valence-corrected chi connectivity index (χ0v) is 17.6. The van der Waals surface area contributed by atoms with Crippen LogP contribution < -0.4 is 10.6 Å². The molecule has 1 atom stereocenters. The highest BCUT2D eigenvalue weighted by Gasteiger charge is 2.06. The van der Waals surface area contributed by atoms with E-state index in [4.69, 9.17) is 0 Å². The smallest absolute Gasteiger partial charge is 0.191 e. The Balaban J connectivity index is 0.00000312. The van der Waals surface area contributed by atoms with Gasteiger partial charge < -0.3 is 10.6 Å². The average molecular weight is 456 g/mol. The molecule has 2 heterocycles. The summed E-state index contributed by atoms with van der Waals surface area (Å²) in [5.74, 6) is 1.65. The van der Waals surface area contributed by atoms with Crippen LogP contribution in [0.4, 0.5) is 0 Å². The lowest BCUT2D eigenvalue weighted by atomic mass is 10.1. The largest absolute Gasteiger partial charge is 0.354 e. The summed E-state index contributed by atoms with van der Waals surface area (Å²) in [6.45, 7) is 5.12. The monoisotopic (exact) mass is 456 g/mol. The molecule has 0 aliphatic carbocycles. The van der Waals surface area contributed by atoms with Gasteiger partial charge in [-0.15, -0.1) is 24.0 Å². The highest BCUT2D eigenvalue weighted by Crippen LogP contribution is 2.06. The van der Waals surface area contributed by atoms with Crippen LogP contribution in [0.5, 0.6) is 0 Å². The normalized spacial score (nSPS) is 12.4. The van der Waals surface area contributed by atoms with E-state index in [1.807, 2.05) is 24.4 Å². The Hall–Kier alpha value is -1.64. The first-order valence-electron chi connectivity index (χ1n) is 8.65. The summed E-state index contributed by atoms with van der Waals surface area (Å²) in [7, 11) is 1.80. The summed E-state index contributed by atoms with van der Waals surface area (Å²) in [5.41, 5.74) is 1.14. The van der Waals surface area contributed by atoms with Crippen LogP contribution in [0.3, 0.4) is 0 Å². The Kier molecular flexibility index (Phi) is 10.1. The van der Waals surface area contributed by atoms with Crippen molar-refractivity contribution >= 4 is 29.9 Å². The second-order valence-electron chi connectivity index (χ2n) is 5.94. The van der Waals surface area contributed by atoms with Crippen LogP contribution in [0.1, 0.15) is 45.1 Å². The number of nitrogens with one attached hydrogen (secondary N) is 2. The third-order valence-corrected chi connectivity index (χ3v) is 3.86. The first-order valence-corrected chi connectivity index (χ1v) is 8.65. The van der Waals surface area contributed by atoms with E-state index in [0.29, 0.717) is 12.6 Å². The van der Waals surface area contributed by atoms with E-state index in [1.165, 1.54) is 19.3 Å². The summed E-state index contributed by atoms with van der Waals surface area (Å²) < 4.78 is 1.76. The minimum absolute atomic E-state index is 0. The van der Waals surface area contributed by atoms with Crippen molar-refractivity contribution in [1.29, 1.82) is 0 Å². The van der Waals surface area contributed by atoms with Gasteiger partial charge in [-0.05, 0) is 37.1 Å². The van der Waals surface area contributed by atoms with Gasteiger partial charge in [-0.25, -0.2) is 9.67 Å². The van der Waals surface area contributed by atoms with E-state index >= 15 is 0 Å².